The third-order valence-electron chi connectivity index (χ3n) is 4.51. The van der Waals surface area contributed by atoms with Gasteiger partial charge in [-0.1, -0.05) is 36.7 Å². The van der Waals surface area contributed by atoms with Crippen LogP contribution in [-0.4, -0.2) is 23.2 Å². The molecule has 3 rings (SSSR count). The predicted molar refractivity (Wildman–Crippen MR) is 103 cm³/mol. The Morgan fingerprint density at radius 3 is 2.56 bits per heavy atom. The molecule has 0 unspecified atom stereocenters. The Balaban J connectivity index is 1.98. The van der Waals surface area contributed by atoms with Crippen molar-refractivity contribution in [3.63, 3.8) is 0 Å². The molecule has 0 aliphatic heterocycles. The zero-order valence-corrected chi connectivity index (χ0v) is 17.1. The molecule has 2 heterocycles. The first-order valence-corrected chi connectivity index (χ1v) is 10.3. The zero-order chi connectivity index (χ0) is 19.8. The molecule has 0 radical (unpaired) electrons. The van der Waals surface area contributed by atoms with Crippen LogP contribution in [0.25, 0.3) is 11.6 Å². The normalized spacial score (nSPS) is 11.9. The number of rotatable bonds is 6. The fourth-order valence-electron chi connectivity index (χ4n) is 3.03. The number of hydrogen-bond acceptors (Lipinski definition) is 5. The highest BCUT2D eigenvalue weighted by atomic mass is 35.5. The van der Waals surface area contributed by atoms with E-state index in [1.807, 2.05) is 13.0 Å². The summed E-state index contributed by atoms with van der Waals surface area (Å²) in [6.07, 6.45) is 0.611. The monoisotopic (exact) mass is 408 g/mol. The van der Waals surface area contributed by atoms with E-state index < -0.39 is 10.0 Å². The first kappa shape index (κ1) is 19.6. The number of aryl methyl sites for hydroxylation is 1. The Bertz CT molecular complexity index is 1090. The summed E-state index contributed by atoms with van der Waals surface area (Å²) in [7, 11) is -1.99. The standard InChI is InChI=1S/C18H21ClN4O3S/c1-5-15-21-22-18(26-15)16-11(2)17(12(3)23(16)4)27(24,25)20-10-13-8-6-7-9-14(13)19/h6-9,20H,5,10H2,1-4H3. The van der Waals surface area contributed by atoms with Crippen LogP contribution in [-0.2, 0) is 30.0 Å². The molecule has 27 heavy (non-hydrogen) atoms. The SMILES string of the molecule is CCc1nnc(-c2c(C)c(S(=O)(=O)NCc3ccccc3Cl)c(C)n2C)o1. The van der Waals surface area contributed by atoms with Gasteiger partial charge in [-0.2, -0.15) is 0 Å². The van der Waals surface area contributed by atoms with Gasteiger partial charge in [0.1, 0.15) is 10.6 Å². The molecule has 0 aliphatic carbocycles. The summed E-state index contributed by atoms with van der Waals surface area (Å²) in [5.74, 6) is 0.812. The van der Waals surface area contributed by atoms with Crippen molar-refractivity contribution < 1.29 is 12.8 Å². The van der Waals surface area contributed by atoms with Gasteiger partial charge in [-0.3, -0.25) is 0 Å². The number of benzene rings is 1. The van der Waals surface area contributed by atoms with Gasteiger partial charge in [0.25, 0.3) is 5.89 Å². The van der Waals surface area contributed by atoms with Crippen molar-refractivity contribution in [1.29, 1.82) is 0 Å². The van der Waals surface area contributed by atoms with Crippen LogP contribution in [0, 0.1) is 13.8 Å². The van der Waals surface area contributed by atoms with Crippen molar-refractivity contribution in [3.05, 3.63) is 52.0 Å². The van der Waals surface area contributed by atoms with Crippen LogP contribution in [0.5, 0.6) is 0 Å². The molecule has 1 aromatic carbocycles. The van der Waals surface area contributed by atoms with Crippen molar-refractivity contribution in [1.82, 2.24) is 19.5 Å². The van der Waals surface area contributed by atoms with Gasteiger partial charge in [-0.15, -0.1) is 10.2 Å². The molecule has 0 saturated heterocycles. The molecule has 2 aromatic heterocycles. The number of nitrogens with one attached hydrogen (secondary N) is 1. The third-order valence-corrected chi connectivity index (χ3v) is 6.55. The van der Waals surface area contributed by atoms with Crippen molar-refractivity contribution >= 4 is 21.6 Å². The summed E-state index contributed by atoms with van der Waals surface area (Å²) in [4.78, 5) is 0.211. The van der Waals surface area contributed by atoms with E-state index in [0.717, 1.165) is 0 Å². The molecule has 0 saturated carbocycles. The second kappa shape index (κ2) is 7.46. The van der Waals surface area contributed by atoms with E-state index in [0.29, 0.717) is 45.7 Å². The van der Waals surface area contributed by atoms with E-state index in [1.54, 1.807) is 43.7 Å². The van der Waals surface area contributed by atoms with Gasteiger partial charge in [0, 0.05) is 36.3 Å². The lowest BCUT2D eigenvalue weighted by molar-refractivity contribution is 0.508. The molecule has 0 atom stereocenters. The summed E-state index contributed by atoms with van der Waals surface area (Å²) in [5, 5.41) is 8.53. The molecule has 0 bridgehead atoms. The fraction of sp³-hybridized carbons (Fsp3) is 0.333. The third kappa shape index (κ3) is 3.65. The van der Waals surface area contributed by atoms with Crippen molar-refractivity contribution in [2.45, 2.75) is 38.6 Å². The van der Waals surface area contributed by atoms with Gasteiger partial charge in [-0.05, 0) is 25.5 Å². The molecule has 3 aromatic rings. The van der Waals surface area contributed by atoms with Gasteiger partial charge >= 0.3 is 0 Å². The Morgan fingerprint density at radius 1 is 1.22 bits per heavy atom. The van der Waals surface area contributed by atoms with E-state index in [2.05, 4.69) is 14.9 Å². The lowest BCUT2D eigenvalue weighted by atomic mass is 10.2. The van der Waals surface area contributed by atoms with E-state index in [1.165, 1.54) is 0 Å². The van der Waals surface area contributed by atoms with Crippen LogP contribution >= 0.6 is 11.6 Å². The van der Waals surface area contributed by atoms with Gasteiger partial charge in [0.2, 0.25) is 15.9 Å². The Morgan fingerprint density at radius 2 is 1.93 bits per heavy atom. The first-order chi connectivity index (χ1) is 12.8. The quantitative estimate of drug-likeness (QED) is 0.675. The van der Waals surface area contributed by atoms with Crippen molar-refractivity contribution in [2.24, 2.45) is 7.05 Å². The Labute approximate surface area is 163 Å². The average molecular weight is 409 g/mol. The van der Waals surface area contributed by atoms with Crippen LogP contribution in [0.4, 0.5) is 0 Å². The molecule has 0 amide bonds. The molecule has 0 fully saturated rings. The van der Waals surface area contributed by atoms with E-state index >= 15 is 0 Å². The smallest absolute Gasteiger partial charge is 0.264 e. The molecule has 144 valence electrons. The highest BCUT2D eigenvalue weighted by Gasteiger charge is 2.28. The highest BCUT2D eigenvalue weighted by molar-refractivity contribution is 7.89. The maximum Gasteiger partial charge on any atom is 0.264 e. The fourth-order valence-corrected chi connectivity index (χ4v) is 4.75. The van der Waals surface area contributed by atoms with Crippen molar-refractivity contribution in [2.75, 3.05) is 0 Å². The largest absolute Gasteiger partial charge is 0.419 e. The number of hydrogen-bond donors (Lipinski definition) is 1. The van der Waals surface area contributed by atoms with Crippen LogP contribution in [0.3, 0.4) is 0 Å². The van der Waals surface area contributed by atoms with E-state index in [4.69, 9.17) is 16.0 Å². The maximum atomic E-state index is 13.0. The minimum absolute atomic E-state index is 0.103. The summed E-state index contributed by atoms with van der Waals surface area (Å²) >= 11 is 6.12. The first-order valence-electron chi connectivity index (χ1n) is 8.48. The minimum Gasteiger partial charge on any atom is -0.419 e. The van der Waals surface area contributed by atoms with E-state index in [-0.39, 0.29) is 11.4 Å². The second-order valence-corrected chi connectivity index (χ2v) is 8.33. The topological polar surface area (TPSA) is 90.0 Å². The van der Waals surface area contributed by atoms with Crippen LogP contribution in [0.1, 0.15) is 29.6 Å². The highest BCUT2D eigenvalue weighted by Crippen LogP contribution is 2.32. The molecular weight excluding hydrogens is 388 g/mol. The number of halogens is 1. The minimum atomic E-state index is -3.76. The van der Waals surface area contributed by atoms with Gasteiger partial charge < -0.3 is 8.98 Å². The summed E-state index contributed by atoms with van der Waals surface area (Å²) in [5.41, 5.74) is 2.45. The molecule has 0 spiro atoms. The summed E-state index contributed by atoms with van der Waals surface area (Å²) < 4.78 is 36.0. The van der Waals surface area contributed by atoms with Crippen LogP contribution in [0.15, 0.2) is 33.6 Å². The number of nitrogens with zero attached hydrogens (tertiary/aromatic N) is 3. The van der Waals surface area contributed by atoms with Crippen molar-refractivity contribution in [3.8, 4) is 11.6 Å². The summed E-state index contributed by atoms with van der Waals surface area (Å²) in [6.45, 7) is 5.50. The summed E-state index contributed by atoms with van der Waals surface area (Å²) in [6, 6.07) is 7.12. The van der Waals surface area contributed by atoms with Gasteiger partial charge in [-0.25, -0.2) is 13.1 Å². The molecular formula is C18H21ClN4O3S. The van der Waals surface area contributed by atoms with Gasteiger partial charge in [0.15, 0.2) is 0 Å². The second-order valence-electron chi connectivity index (χ2n) is 6.22. The average Bonchev–Trinajstić information content (AvgIpc) is 3.17. The van der Waals surface area contributed by atoms with Crippen LogP contribution in [0.2, 0.25) is 5.02 Å². The predicted octanol–water partition coefficient (Wildman–Crippen LogP) is 3.39. The molecule has 7 nitrogen and oxygen atoms in total. The molecule has 9 heteroatoms. The number of sulfonamides is 1. The molecule has 0 aliphatic rings. The van der Waals surface area contributed by atoms with E-state index in [9.17, 15) is 8.42 Å². The van der Waals surface area contributed by atoms with Crippen LogP contribution < -0.4 is 4.72 Å². The number of aromatic nitrogens is 3. The Hall–Kier alpha value is -2.16. The molecule has 1 N–H and O–H groups in total. The lowest BCUT2D eigenvalue weighted by Crippen LogP contribution is -2.24. The van der Waals surface area contributed by atoms with Gasteiger partial charge in [0.05, 0.1) is 0 Å². The lowest BCUT2D eigenvalue weighted by Gasteiger charge is -2.09. The maximum absolute atomic E-state index is 13.0. The zero-order valence-electron chi connectivity index (χ0n) is 15.6. The Kier molecular flexibility index (Phi) is 5.41.